The number of aryl methyl sites for hydroxylation is 1. The molecule has 2 fully saturated rings. The molecule has 2 atom stereocenters. The first-order chi connectivity index (χ1) is 16.1. The molecular weight excluding hydrogens is 412 g/mol. The molecule has 0 aliphatic carbocycles. The number of aromatic nitrogens is 1. The van der Waals surface area contributed by atoms with Gasteiger partial charge in [0.1, 0.15) is 0 Å². The van der Waals surface area contributed by atoms with Gasteiger partial charge in [-0.05, 0) is 62.2 Å². The third kappa shape index (κ3) is 4.59. The van der Waals surface area contributed by atoms with Crippen molar-refractivity contribution in [3.8, 4) is 0 Å². The summed E-state index contributed by atoms with van der Waals surface area (Å²) in [6.45, 7) is 9.83. The highest BCUT2D eigenvalue weighted by Crippen LogP contribution is 2.28. The summed E-state index contributed by atoms with van der Waals surface area (Å²) in [5, 5.41) is 1.24. The second-order valence-electron chi connectivity index (χ2n) is 9.14. The summed E-state index contributed by atoms with van der Waals surface area (Å²) in [5.74, 6) is 0. The molecule has 0 bridgehead atoms. The Labute approximate surface area is 195 Å². The van der Waals surface area contributed by atoms with Gasteiger partial charge < -0.3 is 14.5 Å². The van der Waals surface area contributed by atoms with Gasteiger partial charge in [-0.2, -0.15) is 0 Å². The number of hydrogen-bond acceptors (Lipinski definition) is 6. The Kier molecular flexibility index (Phi) is 6.29. The molecule has 172 valence electrons. The van der Waals surface area contributed by atoms with E-state index in [-0.39, 0.29) is 0 Å². The van der Waals surface area contributed by atoms with Crippen molar-refractivity contribution in [3.63, 3.8) is 0 Å². The first-order valence-electron chi connectivity index (χ1n) is 11.9. The Morgan fingerprint density at radius 3 is 2.82 bits per heavy atom. The van der Waals surface area contributed by atoms with E-state index in [1.54, 1.807) is 0 Å². The van der Waals surface area contributed by atoms with Crippen LogP contribution in [0.4, 0.5) is 11.4 Å². The summed E-state index contributed by atoms with van der Waals surface area (Å²) >= 11 is 0. The molecule has 1 aromatic heterocycles. The monoisotopic (exact) mass is 444 g/mol. The molecule has 0 saturated carbocycles. The van der Waals surface area contributed by atoms with Crippen molar-refractivity contribution < 1.29 is 9.53 Å². The minimum absolute atomic E-state index is 0.457. The number of carbonyl (C=O) groups is 1. The largest absolute Gasteiger partial charge is 0.368 e. The molecule has 0 spiro atoms. The molecule has 0 amide bonds. The molecular formula is C27H32N4O2. The Morgan fingerprint density at radius 1 is 1.09 bits per heavy atom. The number of aldehydes is 1. The molecule has 0 N–H and O–H groups in total. The maximum absolute atomic E-state index is 11.3. The Morgan fingerprint density at radius 2 is 1.97 bits per heavy atom. The molecule has 5 rings (SSSR count). The molecule has 6 heteroatoms. The number of hydrogen-bond donors (Lipinski definition) is 0. The minimum atomic E-state index is -0.457. The fourth-order valence-electron chi connectivity index (χ4n) is 5.10. The van der Waals surface area contributed by atoms with Crippen LogP contribution in [0.3, 0.4) is 0 Å². The zero-order valence-electron chi connectivity index (χ0n) is 19.5. The fraction of sp³-hybridized carbons (Fsp3) is 0.407. The zero-order valence-corrected chi connectivity index (χ0v) is 19.5. The van der Waals surface area contributed by atoms with Gasteiger partial charge in [0.05, 0.1) is 12.1 Å². The van der Waals surface area contributed by atoms with Gasteiger partial charge in [-0.15, -0.1) is 0 Å². The van der Waals surface area contributed by atoms with E-state index >= 15 is 0 Å². The molecule has 2 aliphatic heterocycles. The van der Waals surface area contributed by atoms with Crippen molar-refractivity contribution in [2.45, 2.75) is 32.5 Å². The van der Waals surface area contributed by atoms with Gasteiger partial charge in [-0.25, -0.2) is 0 Å². The van der Waals surface area contributed by atoms with Crippen LogP contribution < -0.4 is 9.80 Å². The second kappa shape index (κ2) is 9.49. The van der Waals surface area contributed by atoms with Gasteiger partial charge in [0.2, 0.25) is 0 Å². The lowest BCUT2D eigenvalue weighted by molar-refractivity contribution is -0.115. The van der Waals surface area contributed by atoms with Crippen molar-refractivity contribution in [1.82, 2.24) is 9.88 Å². The first kappa shape index (κ1) is 21.9. The molecule has 33 heavy (non-hydrogen) atoms. The average molecular weight is 445 g/mol. The smallest absolute Gasteiger partial charge is 0.186 e. The molecule has 3 heterocycles. The van der Waals surface area contributed by atoms with E-state index in [4.69, 9.17) is 9.72 Å². The number of fused-ring (bicyclic) bond motifs is 1. The Bertz CT molecular complexity index is 1130. The number of carbonyl (C=O) groups excluding carboxylic acids is 1. The van der Waals surface area contributed by atoms with Crippen LogP contribution in [0.15, 0.2) is 54.6 Å². The number of benzene rings is 2. The molecule has 3 aromatic rings. The second-order valence-corrected chi connectivity index (χ2v) is 9.14. The zero-order chi connectivity index (χ0) is 22.8. The van der Waals surface area contributed by atoms with Crippen LogP contribution in [0.2, 0.25) is 0 Å². The number of ether oxygens (including phenoxy) is 1. The molecule has 2 aliphatic rings. The number of nitrogens with zero attached hydrogens (tertiary/aromatic N) is 4. The van der Waals surface area contributed by atoms with E-state index in [2.05, 4.69) is 71.3 Å². The van der Waals surface area contributed by atoms with Crippen LogP contribution in [-0.4, -0.2) is 67.8 Å². The molecule has 2 saturated heterocycles. The van der Waals surface area contributed by atoms with Crippen molar-refractivity contribution in [2.75, 3.05) is 49.1 Å². The number of rotatable bonds is 6. The average Bonchev–Trinajstić information content (AvgIpc) is 3.32. The SMILES string of the molecule is Cc1ccc2c(N3CCN(CCc4cccc(N5CCOC5C=O)c4)[C@@H](C)C3)cccc2n1. The molecule has 6 nitrogen and oxygen atoms in total. The molecule has 0 radical (unpaired) electrons. The van der Waals surface area contributed by atoms with Crippen molar-refractivity contribution in [3.05, 3.63) is 65.9 Å². The standard InChI is InChI=1S/C27H32N4O2/c1-20-9-10-24-25(28-20)7-4-8-26(24)30-14-13-29(21(2)18-30)12-11-22-5-3-6-23(17-22)31-15-16-33-27(31)19-32/h3-10,17,19,21,27H,11-16,18H2,1-2H3/t21-,27?/m0/s1. The van der Waals surface area contributed by atoms with Crippen LogP contribution in [-0.2, 0) is 16.0 Å². The highest BCUT2D eigenvalue weighted by Gasteiger charge is 2.26. The van der Waals surface area contributed by atoms with Crippen LogP contribution in [0.5, 0.6) is 0 Å². The van der Waals surface area contributed by atoms with E-state index in [0.717, 1.165) is 62.3 Å². The number of pyridine rings is 1. The van der Waals surface area contributed by atoms with E-state index in [9.17, 15) is 4.79 Å². The maximum Gasteiger partial charge on any atom is 0.186 e. The summed E-state index contributed by atoms with van der Waals surface area (Å²) in [6.07, 6.45) is 1.42. The van der Waals surface area contributed by atoms with Gasteiger partial charge in [0.15, 0.2) is 12.5 Å². The molecule has 2 aromatic carbocycles. The predicted molar refractivity (Wildman–Crippen MR) is 133 cm³/mol. The summed E-state index contributed by atoms with van der Waals surface area (Å²) in [7, 11) is 0. The van der Waals surface area contributed by atoms with Crippen LogP contribution in [0, 0.1) is 6.92 Å². The van der Waals surface area contributed by atoms with Crippen LogP contribution >= 0.6 is 0 Å². The third-order valence-corrected chi connectivity index (χ3v) is 6.93. The summed E-state index contributed by atoms with van der Waals surface area (Å²) in [5.41, 5.74) is 5.79. The van der Waals surface area contributed by atoms with Crippen molar-refractivity contribution >= 4 is 28.6 Å². The first-order valence-corrected chi connectivity index (χ1v) is 11.9. The van der Waals surface area contributed by atoms with Crippen molar-refractivity contribution in [1.29, 1.82) is 0 Å². The topological polar surface area (TPSA) is 48.9 Å². The highest BCUT2D eigenvalue weighted by atomic mass is 16.5. The van der Waals surface area contributed by atoms with Crippen molar-refractivity contribution in [2.24, 2.45) is 0 Å². The number of piperazine rings is 1. The third-order valence-electron chi connectivity index (χ3n) is 6.93. The normalized spacial score (nSPS) is 21.6. The minimum Gasteiger partial charge on any atom is -0.368 e. The Hall–Kier alpha value is -2.96. The van der Waals surface area contributed by atoms with E-state index in [0.29, 0.717) is 12.6 Å². The van der Waals surface area contributed by atoms with E-state index in [1.807, 2.05) is 11.8 Å². The Balaban J connectivity index is 1.22. The van der Waals surface area contributed by atoms with E-state index in [1.165, 1.54) is 16.6 Å². The molecule has 1 unspecified atom stereocenters. The van der Waals surface area contributed by atoms with Gasteiger partial charge >= 0.3 is 0 Å². The summed E-state index contributed by atoms with van der Waals surface area (Å²) in [6, 6.07) is 19.8. The lowest BCUT2D eigenvalue weighted by Crippen LogP contribution is -2.52. The highest BCUT2D eigenvalue weighted by molar-refractivity contribution is 5.92. The predicted octanol–water partition coefficient (Wildman–Crippen LogP) is 3.66. The van der Waals surface area contributed by atoms with Crippen LogP contribution in [0.1, 0.15) is 18.2 Å². The van der Waals surface area contributed by atoms with Gasteiger partial charge in [-0.3, -0.25) is 14.7 Å². The lowest BCUT2D eigenvalue weighted by atomic mass is 10.1. The fourth-order valence-corrected chi connectivity index (χ4v) is 5.10. The lowest BCUT2D eigenvalue weighted by Gasteiger charge is -2.41. The summed E-state index contributed by atoms with van der Waals surface area (Å²) in [4.78, 5) is 23.1. The van der Waals surface area contributed by atoms with Gasteiger partial charge in [-0.1, -0.05) is 18.2 Å². The van der Waals surface area contributed by atoms with Gasteiger partial charge in [0, 0.05) is 61.2 Å². The summed E-state index contributed by atoms with van der Waals surface area (Å²) < 4.78 is 5.50. The van der Waals surface area contributed by atoms with E-state index < -0.39 is 6.23 Å². The van der Waals surface area contributed by atoms with Crippen LogP contribution in [0.25, 0.3) is 10.9 Å². The quantitative estimate of drug-likeness (QED) is 0.541. The maximum atomic E-state index is 11.3. The number of anilines is 2. The van der Waals surface area contributed by atoms with Gasteiger partial charge in [0.25, 0.3) is 0 Å².